The third-order valence-electron chi connectivity index (χ3n) is 1.20. The van der Waals surface area contributed by atoms with Crippen LogP contribution in [0.2, 0.25) is 0 Å². The van der Waals surface area contributed by atoms with E-state index < -0.39 is 0 Å². The zero-order valence-corrected chi connectivity index (χ0v) is 6.79. The normalized spacial score (nSPS) is 9.80. The van der Waals surface area contributed by atoms with Crippen LogP contribution in [0.5, 0.6) is 0 Å². The second kappa shape index (κ2) is 2.42. The van der Waals surface area contributed by atoms with Gasteiger partial charge in [0.1, 0.15) is 0 Å². The van der Waals surface area contributed by atoms with Crippen molar-refractivity contribution in [2.75, 3.05) is 5.73 Å². The lowest BCUT2D eigenvalue weighted by atomic mass is 10.3. The number of carbonyl (C=O) groups excluding carboxylic acids is 1. The minimum atomic E-state index is 0.0515. The summed E-state index contributed by atoms with van der Waals surface area (Å²) in [6.45, 7) is 3.47. The van der Waals surface area contributed by atoms with Crippen LogP contribution >= 0.6 is 11.3 Å². The van der Waals surface area contributed by atoms with Gasteiger partial charge in [0.05, 0.1) is 10.6 Å². The van der Waals surface area contributed by atoms with Crippen LogP contribution in [0.15, 0.2) is 6.07 Å². The van der Waals surface area contributed by atoms with Crippen LogP contribution in [-0.2, 0) is 0 Å². The molecule has 1 aromatic heterocycles. The van der Waals surface area contributed by atoms with Gasteiger partial charge < -0.3 is 5.73 Å². The number of Topliss-reactive ketones (excluding diaryl/α,β-unsaturated/α-hetero) is 1. The van der Waals surface area contributed by atoms with Gasteiger partial charge in [-0.15, -0.1) is 11.3 Å². The minimum absolute atomic E-state index is 0.0515. The topological polar surface area (TPSA) is 43.1 Å². The average Bonchev–Trinajstić information content (AvgIpc) is 2.10. The van der Waals surface area contributed by atoms with Crippen molar-refractivity contribution in [2.45, 2.75) is 13.8 Å². The maximum atomic E-state index is 10.8. The highest BCUT2D eigenvalue weighted by Crippen LogP contribution is 2.23. The maximum Gasteiger partial charge on any atom is 0.171 e. The summed E-state index contributed by atoms with van der Waals surface area (Å²) in [6, 6.07) is 1.82. The second-order valence-corrected chi connectivity index (χ2v) is 3.45. The van der Waals surface area contributed by atoms with Crippen LogP contribution in [0.1, 0.15) is 21.5 Å². The van der Waals surface area contributed by atoms with Crippen molar-refractivity contribution < 1.29 is 4.79 Å². The summed E-state index contributed by atoms with van der Waals surface area (Å²) in [4.78, 5) is 12.6. The summed E-state index contributed by atoms with van der Waals surface area (Å²) in [5, 5.41) is 0. The van der Waals surface area contributed by atoms with Gasteiger partial charge in [0.25, 0.3) is 0 Å². The summed E-state index contributed by atoms with van der Waals surface area (Å²) in [5.41, 5.74) is 6.14. The Morgan fingerprint density at radius 1 is 1.70 bits per heavy atom. The molecule has 2 N–H and O–H groups in total. The van der Waals surface area contributed by atoms with E-state index in [1.807, 2.05) is 13.0 Å². The van der Waals surface area contributed by atoms with Crippen molar-refractivity contribution in [3.63, 3.8) is 0 Å². The number of thiophene rings is 1. The largest absolute Gasteiger partial charge is 0.397 e. The van der Waals surface area contributed by atoms with Crippen LogP contribution < -0.4 is 5.73 Å². The van der Waals surface area contributed by atoms with E-state index in [0.29, 0.717) is 10.6 Å². The lowest BCUT2D eigenvalue weighted by molar-refractivity contribution is 0.102. The van der Waals surface area contributed by atoms with Gasteiger partial charge in [-0.1, -0.05) is 0 Å². The van der Waals surface area contributed by atoms with Crippen LogP contribution in [0, 0.1) is 6.92 Å². The summed E-state index contributed by atoms with van der Waals surface area (Å²) < 4.78 is 0. The Balaban J connectivity index is 3.15. The highest BCUT2D eigenvalue weighted by atomic mass is 32.1. The molecule has 0 radical (unpaired) electrons. The Morgan fingerprint density at radius 3 is 2.50 bits per heavy atom. The molecular formula is C7H9NOS. The van der Waals surface area contributed by atoms with E-state index in [0.717, 1.165) is 4.88 Å². The quantitative estimate of drug-likeness (QED) is 0.629. The van der Waals surface area contributed by atoms with Gasteiger partial charge in [-0.05, 0) is 13.0 Å². The first kappa shape index (κ1) is 7.28. The first-order valence-electron chi connectivity index (χ1n) is 2.98. The molecule has 1 rings (SSSR count). The Labute approximate surface area is 63.7 Å². The van der Waals surface area contributed by atoms with E-state index in [2.05, 4.69) is 0 Å². The lowest BCUT2D eigenvalue weighted by Gasteiger charge is -1.88. The predicted octanol–water partition coefficient (Wildman–Crippen LogP) is 1.84. The number of nitrogen functional groups attached to an aromatic ring is 1. The molecule has 0 amide bonds. The molecule has 0 aliphatic heterocycles. The van der Waals surface area contributed by atoms with Crippen molar-refractivity contribution >= 4 is 22.8 Å². The number of hydrogen-bond acceptors (Lipinski definition) is 3. The third kappa shape index (κ3) is 1.19. The molecule has 0 aliphatic rings. The molecule has 0 saturated heterocycles. The third-order valence-corrected chi connectivity index (χ3v) is 2.37. The van der Waals surface area contributed by atoms with Crippen LogP contribution in [0.3, 0.4) is 0 Å². The molecule has 10 heavy (non-hydrogen) atoms. The molecule has 0 bridgehead atoms. The van der Waals surface area contributed by atoms with Crippen molar-refractivity contribution in [3.8, 4) is 0 Å². The average molecular weight is 155 g/mol. The Bertz CT molecular complexity index is 265. The molecule has 0 atom stereocenters. The number of rotatable bonds is 1. The van der Waals surface area contributed by atoms with E-state index in [9.17, 15) is 4.79 Å². The number of carbonyl (C=O) groups is 1. The highest BCUT2D eigenvalue weighted by molar-refractivity contribution is 7.14. The fraction of sp³-hybridized carbons (Fsp3) is 0.286. The zero-order valence-electron chi connectivity index (χ0n) is 5.97. The number of aryl methyl sites for hydroxylation is 1. The van der Waals surface area contributed by atoms with Gasteiger partial charge in [-0.3, -0.25) is 4.79 Å². The summed E-state index contributed by atoms with van der Waals surface area (Å²) in [6.07, 6.45) is 0. The summed E-state index contributed by atoms with van der Waals surface area (Å²) in [7, 11) is 0. The SMILES string of the molecule is CC(=O)c1sc(C)cc1N. The van der Waals surface area contributed by atoms with Crippen LogP contribution in [-0.4, -0.2) is 5.78 Å². The van der Waals surface area contributed by atoms with Crippen molar-refractivity contribution in [3.05, 3.63) is 15.8 Å². The van der Waals surface area contributed by atoms with Crippen LogP contribution in [0.25, 0.3) is 0 Å². The van der Waals surface area contributed by atoms with Gasteiger partial charge in [0.2, 0.25) is 0 Å². The monoisotopic (exact) mass is 155 g/mol. The predicted molar refractivity (Wildman–Crippen MR) is 43.5 cm³/mol. The molecule has 1 aromatic rings. The number of nitrogens with two attached hydrogens (primary N) is 1. The van der Waals surface area contributed by atoms with E-state index in [1.165, 1.54) is 18.3 Å². The zero-order chi connectivity index (χ0) is 7.72. The van der Waals surface area contributed by atoms with E-state index in [1.54, 1.807) is 0 Å². The summed E-state index contributed by atoms with van der Waals surface area (Å²) in [5.74, 6) is 0.0515. The molecule has 0 spiro atoms. The van der Waals surface area contributed by atoms with Crippen molar-refractivity contribution in [1.29, 1.82) is 0 Å². The van der Waals surface area contributed by atoms with E-state index in [4.69, 9.17) is 5.73 Å². The lowest BCUT2D eigenvalue weighted by Crippen LogP contribution is -1.92. The van der Waals surface area contributed by atoms with Gasteiger partial charge in [0.15, 0.2) is 5.78 Å². The number of ketones is 1. The van der Waals surface area contributed by atoms with Gasteiger partial charge in [-0.25, -0.2) is 0 Å². The van der Waals surface area contributed by atoms with Gasteiger partial charge in [0, 0.05) is 11.8 Å². The van der Waals surface area contributed by atoms with Crippen molar-refractivity contribution in [2.24, 2.45) is 0 Å². The fourth-order valence-electron chi connectivity index (χ4n) is 0.809. The molecule has 2 nitrogen and oxygen atoms in total. The Morgan fingerprint density at radius 2 is 2.30 bits per heavy atom. The standard InChI is InChI=1S/C7H9NOS/c1-4-3-6(8)7(10-4)5(2)9/h3H,8H2,1-2H3. The smallest absolute Gasteiger partial charge is 0.171 e. The molecule has 0 aliphatic carbocycles. The second-order valence-electron chi connectivity index (χ2n) is 2.20. The molecular weight excluding hydrogens is 146 g/mol. The molecule has 54 valence electrons. The molecule has 0 fully saturated rings. The van der Waals surface area contributed by atoms with Crippen molar-refractivity contribution in [1.82, 2.24) is 0 Å². The number of anilines is 1. The number of hydrogen-bond donors (Lipinski definition) is 1. The first-order chi connectivity index (χ1) is 4.61. The molecule has 0 unspecified atom stereocenters. The molecule has 1 heterocycles. The minimum Gasteiger partial charge on any atom is -0.397 e. The molecule has 0 saturated carbocycles. The van der Waals surface area contributed by atoms with E-state index >= 15 is 0 Å². The van der Waals surface area contributed by atoms with Crippen LogP contribution in [0.4, 0.5) is 5.69 Å². The highest BCUT2D eigenvalue weighted by Gasteiger charge is 2.06. The maximum absolute atomic E-state index is 10.8. The Hall–Kier alpha value is -0.830. The summed E-state index contributed by atoms with van der Waals surface area (Å²) >= 11 is 1.45. The Kier molecular flexibility index (Phi) is 1.76. The molecule has 0 aromatic carbocycles. The fourth-order valence-corrected chi connectivity index (χ4v) is 1.64. The van der Waals surface area contributed by atoms with Gasteiger partial charge >= 0.3 is 0 Å². The first-order valence-corrected chi connectivity index (χ1v) is 3.79. The van der Waals surface area contributed by atoms with E-state index in [-0.39, 0.29) is 5.78 Å². The van der Waals surface area contributed by atoms with Gasteiger partial charge in [-0.2, -0.15) is 0 Å². The molecule has 3 heteroatoms.